The van der Waals surface area contributed by atoms with Crippen LogP contribution in [0.5, 0.6) is 0 Å². The van der Waals surface area contributed by atoms with E-state index in [1.165, 1.54) is 19.3 Å². The molecule has 0 aromatic carbocycles. The molecule has 1 aromatic heterocycles. The molecule has 1 aromatic rings. The minimum Gasteiger partial charge on any atom is -0.399 e. The van der Waals surface area contributed by atoms with Gasteiger partial charge in [-0.15, -0.1) is 0 Å². The first-order chi connectivity index (χ1) is 10.8. The predicted octanol–water partition coefficient (Wildman–Crippen LogP) is 2.54. The van der Waals surface area contributed by atoms with Gasteiger partial charge in [0.25, 0.3) is 0 Å². The van der Waals surface area contributed by atoms with Crippen molar-refractivity contribution in [1.82, 2.24) is 9.97 Å². The zero-order valence-corrected chi connectivity index (χ0v) is 15.0. The smallest absolute Gasteiger partial charge is 0.399 e. The maximum Gasteiger partial charge on any atom is 0.498 e. The van der Waals surface area contributed by atoms with Gasteiger partial charge in [0.2, 0.25) is 5.95 Å². The lowest BCUT2D eigenvalue weighted by Gasteiger charge is -2.35. The van der Waals surface area contributed by atoms with Crippen LogP contribution in [0.3, 0.4) is 0 Å². The number of aromatic nitrogens is 2. The molecule has 0 unspecified atom stereocenters. The molecule has 0 N–H and O–H groups in total. The predicted molar refractivity (Wildman–Crippen MR) is 93.0 cm³/mol. The highest BCUT2D eigenvalue weighted by Gasteiger charge is 2.52. The van der Waals surface area contributed by atoms with Crippen LogP contribution >= 0.6 is 0 Å². The number of hydrogen-bond acceptors (Lipinski definition) is 5. The van der Waals surface area contributed by atoms with E-state index in [9.17, 15) is 0 Å². The van der Waals surface area contributed by atoms with Gasteiger partial charge in [0.1, 0.15) is 0 Å². The summed E-state index contributed by atoms with van der Waals surface area (Å²) >= 11 is 0. The Morgan fingerprint density at radius 2 is 1.74 bits per heavy atom. The van der Waals surface area contributed by atoms with Crippen molar-refractivity contribution in [2.45, 2.75) is 77.5 Å². The van der Waals surface area contributed by atoms with Crippen LogP contribution in [-0.4, -0.2) is 40.9 Å². The molecule has 3 rings (SSSR count). The van der Waals surface area contributed by atoms with E-state index in [2.05, 4.69) is 49.5 Å². The van der Waals surface area contributed by atoms with Crippen molar-refractivity contribution in [3.05, 3.63) is 12.4 Å². The molecular weight excluding hydrogens is 289 g/mol. The van der Waals surface area contributed by atoms with Crippen LogP contribution in [0.4, 0.5) is 5.95 Å². The first-order valence-electron chi connectivity index (χ1n) is 8.78. The summed E-state index contributed by atoms with van der Waals surface area (Å²) in [7, 11) is -0.391. The second-order valence-electron chi connectivity index (χ2n) is 7.66. The number of rotatable bonds is 3. The van der Waals surface area contributed by atoms with Crippen molar-refractivity contribution < 1.29 is 9.31 Å². The van der Waals surface area contributed by atoms with Gasteiger partial charge in [-0.1, -0.05) is 6.92 Å². The number of anilines is 1. The Hall–Kier alpha value is -1.14. The van der Waals surface area contributed by atoms with Crippen LogP contribution in [0.25, 0.3) is 0 Å². The molecule has 0 aliphatic carbocycles. The topological polar surface area (TPSA) is 47.5 Å². The number of hydrogen-bond donors (Lipinski definition) is 0. The zero-order chi connectivity index (χ0) is 16.7. The second kappa shape index (κ2) is 6.06. The third-order valence-electron chi connectivity index (χ3n) is 5.54. The summed E-state index contributed by atoms with van der Waals surface area (Å²) in [6, 6.07) is 0.562. The van der Waals surface area contributed by atoms with E-state index in [1.807, 2.05) is 12.4 Å². The fraction of sp³-hybridized carbons (Fsp3) is 0.765. The van der Waals surface area contributed by atoms with Gasteiger partial charge >= 0.3 is 7.12 Å². The maximum absolute atomic E-state index is 6.06. The molecule has 6 heteroatoms. The maximum atomic E-state index is 6.06. The van der Waals surface area contributed by atoms with Gasteiger partial charge in [-0.3, -0.25) is 0 Å². The van der Waals surface area contributed by atoms with E-state index in [-0.39, 0.29) is 11.2 Å². The van der Waals surface area contributed by atoms with Crippen LogP contribution in [0.15, 0.2) is 12.4 Å². The highest BCUT2D eigenvalue weighted by molar-refractivity contribution is 6.61. The molecule has 2 saturated heterocycles. The molecule has 3 heterocycles. The third kappa shape index (κ3) is 3.11. The Kier molecular flexibility index (Phi) is 4.40. The second-order valence-corrected chi connectivity index (χ2v) is 7.66. The molecule has 0 bridgehead atoms. The highest BCUT2D eigenvalue weighted by Crippen LogP contribution is 2.36. The zero-order valence-electron chi connectivity index (χ0n) is 15.0. The molecule has 2 aliphatic rings. The third-order valence-corrected chi connectivity index (χ3v) is 5.54. The molecule has 5 nitrogen and oxygen atoms in total. The van der Waals surface area contributed by atoms with Crippen LogP contribution in [0.2, 0.25) is 0 Å². The van der Waals surface area contributed by atoms with Crippen molar-refractivity contribution in [1.29, 1.82) is 0 Å². The Morgan fingerprint density at radius 1 is 1.13 bits per heavy atom. The van der Waals surface area contributed by atoms with Gasteiger partial charge in [0.05, 0.1) is 11.2 Å². The van der Waals surface area contributed by atoms with Crippen LogP contribution in [0.1, 0.15) is 60.3 Å². The van der Waals surface area contributed by atoms with Gasteiger partial charge in [-0.2, -0.15) is 0 Å². The van der Waals surface area contributed by atoms with E-state index in [0.717, 1.165) is 24.4 Å². The average Bonchev–Trinajstić information content (AvgIpc) is 2.75. The van der Waals surface area contributed by atoms with Crippen molar-refractivity contribution in [2.24, 2.45) is 0 Å². The minimum absolute atomic E-state index is 0.337. The molecule has 0 saturated carbocycles. The lowest BCUT2D eigenvalue weighted by atomic mass is 9.81. The van der Waals surface area contributed by atoms with Crippen LogP contribution in [-0.2, 0) is 9.31 Å². The lowest BCUT2D eigenvalue weighted by molar-refractivity contribution is 0.00578. The quantitative estimate of drug-likeness (QED) is 0.802. The number of nitrogens with zero attached hydrogens (tertiary/aromatic N) is 3. The van der Waals surface area contributed by atoms with Crippen LogP contribution in [0, 0.1) is 0 Å². The summed E-state index contributed by atoms with van der Waals surface area (Å²) in [5.74, 6) is 0.830. The van der Waals surface area contributed by atoms with Crippen molar-refractivity contribution in [3.8, 4) is 0 Å². The summed E-state index contributed by atoms with van der Waals surface area (Å²) in [5.41, 5.74) is 0.213. The van der Waals surface area contributed by atoms with E-state index in [0.29, 0.717) is 6.04 Å². The molecule has 0 spiro atoms. The number of piperidine rings is 1. The van der Waals surface area contributed by atoms with Crippen molar-refractivity contribution in [2.75, 3.05) is 11.4 Å². The highest BCUT2D eigenvalue weighted by atomic mass is 16.7. The van der Waals surface area contributed by atoms with E-state index in [1.54, 1.807) is 0 Å². The van der Waals surface area contributed by atoms with Gasteiger partial charge in [-0.05, 0) is 53.4 Å². The first-order valence-corrected chi connectivity index (χ1v) is 8.78. The molecule has 2 aliphatic heterocycles. The van der Waals surface area contributed by atoms with Gasteiger partial charge in [0, 0.05) is 30.4 Å². The molecule has 0 amide bonds. The molecule has 2 fully saturated rings. The molecule has 0 radical (unpaired) electrons. The Morgan fingerprint density at radius 3 is 2.30 bits per heavy atom. The normalized spacial score (nSPS) is 26.6. The summed E-state index contributed by atoms with van der Waals surface area (Å²) < 4.78 is 12.1. The first kappa shape index (κ1) is 16.7. The SMILES string of the molecule is CC[C@@H]1CCCCN1c1ncc(B2OC(C)(C)C(C)(C)O2)cn1. The largest absolute Gasteiger partial charge is 0.498 e. The Bertz CT molecular complexity index is 531. The summed E-state index contributed by atoms with van der Waals surface area (Å²) in [6.45, 7) is 11.5. The summed E-state index contributed by atoms with van der Waals surface area (Å²) in [6.07, 6.45) is 8.61. The fourth-order valence-corrected chi connectivity index (χ4v) is 3.27. The van der Waals surface area contributed by atoms with E-state index < -0.39 is 7.12 Å². The van der Waals surface area contributed by atoms with Crippen LogP contribution < -0.4 is 10.4 Å². The van der Waals surface area contributed by atoms with Gasteiger partial charge in [0.15, 0.2) is 0 Å². The lowest BCUT2D eigenvalue weighted by Crippen LogP contribution is -2.41. The summed E-state index contributed by atoms with van der Waals surface area (Å²) in [5, 5.41) is 0. The molecular formula is C17H28BN3O2. The van der Waals surface area contributed by atoms with Gasteiger partial charge < -0.3 is 14.2 Å². The standard InChI is InChI=1S/C17H28BN3O2/c1-6-14-9-7-8-10-21(14)15-19-11-13(12-20-15)18-22-16(2,3)17(4,5)23-18/h11-12,14H,6-10H2,1-5H3/t14-/m1/s1. The van der Waals surface area contributed by atoms with Crippen molar-refractivity contribution in [3.63, 3.8) is 0 Å². The van der Waals surface area contributed by atoms with E-state index in [4.69, 9.17) is 9.31 Å². The van der Waals surface area contributed by atoms with E-state index >= 15 is 0 Å². The van der Waals surface area contributed by atoms with Crippen molar-refractivity contribution >= 4 is 18.5 Å². The Balaban J connectivity index is 1.75. The van der Waals surface area contributed by atoms with Gasteiger partial charge in [-0.25, -0.2) is 9.97 Å². The molecule has 1 atom stereocenters. The Labute approximate surface area is 139 Å². The monoisotopic (exact) mass is 317 g/mol. The minimum atomic E-state index is -0.391. The average molecular weight is 317 g/mol. The summed E-state index contributed by atoms with van der Waals surface area (Å²) in [4.78, 5) is 11.5. The fourth-order valence-electron chi connectivity index (χ4n) is 3.27. The molecule has 23 heavy (non-hydrogen) atoms. The molecule has 126 valence electrons.